The Morgan fingerprint density at radius 2 is 2.04 bits per heavy atom. The molecule has 25 heavy (non-hydrogen) atoms. The predicted octanol–water partition coefficient (Wildman–Crippen LogP) is 3.66. The van der Waals surface area contributed by atoms with Crippen LogP contribution in [-0.4, -0.2) is 25.0 Å². The number of esters is 1. The van der Waals surface area contributed by atoms with Crippen LogP contribution < -0.4 is 10.6 Å². The molecule has 0 aliphatic carbocycles. The van der Waals surface area contributed by atoms with E-state index in [9.17, 15) is 14.0 Å². The van der Waals surface area contributed by atoms with Crippen LogP contribution in [-0.2, 0) is 9.53 Å². The van der Waals surface area contributed by atoms with E-state index in [4.69, 9.17) is 4.74 Å². The third-order valence-electron chi connectivity index (χ3n) is 3.58. The summed E-state index contributed by atoms with van der Waals surface area (Å²) in [5, 5.41) is 6.30. The lowest BCUT2D eigenvalue weighted by molar-refractivity contribution is -0.115. The maximum atomic E-state index is 13.7. The molecule has 1 heterocycles. The van der Waals surface area contributed by atoms with Crippen LogP contribution >= 0.6 is 11.3 Å². The standard InChI is InChI=1S/C18H21FN2O3S/c1-4-24-18(23)17-11(2)9-16(25-17)21-15(22)10-20-12(3)13-7-5-6-8-14(13)19/h5-9,12,20H,4,10H2,1-3H3,(H,21,22). The van der Waals surface area contributed by atoms with Gasteiger partial charge >= 0.3 is 5.97 Å². The van der Waals surface area contributed by atoms with Gasteiger partial charge in [0.05, 0.1) is 18.2 Å². The molecule has 0 aliphatic rings. The van der Waals surface area contributed by atoms with Gasteiger partial charge in [-0.3, -0.25) is 4.79 Å². The zero-order valence-electron chi connectivity index (χ0n) is 14.4. The molecule has 5 nitrogen and oxygen atoms in total. The van der Waals surface area contributed by atoms with Gasteiger partial charge in [0, 0.05) is 11.6 Å². The fraction of sp³-hybridized carbons (Fsp3) is 0.333. The highest BCUT2D eigenvalue weighted by atomic mass is 32.1. The van der Waals surface area contributed by atoms with E-state index in [0.717, 1.165) is 5.56 Å². The number of aryl methyl sites for hydroxylation is 1. The summed E-state index contributed by atoms with van der Waals surface area (Å²) in [6, 6.07) is 7.88. The molecule has 1 atom stereocenters. The maximum Gasteiger partial charge on any atom is 0.348 e. The quantitative estimate of drug-likeness (QED) is 0.736. The Hall–Kier alpha value is -2.25. The minimum Gasteiger partial charge on any atom is -0.462 e. The maximum absolute atomic E-state index is 13.7. The molecule has 0 spiro atoms. The minimum absolute atomic E-state index is 0.0290. The topological polar surface area (TPSA) is 67.4 Å². The second kappa shape index (κ2) is 8.73. The number of amides is 1. The Morgan fingerprint density at radius 1 is 1.32 bits per heavy atom. The number of thiophene rings is 1. The lowest BCUT2D eigenvalue weighted by Crippen LogP contribution is -2.30. The molecule has 0 aliphatic heterocycles. The van der Waals surface area contributed by atoms with E-state index in [-0.39, 0.29) is 24.3 Å². The lowest BCUT2D eigenvalue weighted by Gasteiger charge is -2.14. The summed E-state index contributed by atoms with van der Waals surface area (Å²) in [4.78, 5) is 24.3. The first kappa shape index (κ1) is 19.1. The van der Waals surface area contributed by atoms with Gasteiger partial charge in [0.2, 0.25) is 5.91 Å². The molecular weight excluding hydrogens is 343 g/mol. The van der Waals surface area contributed by atoms with Crippen molar-refractivity contribution in [3.8, 4) is 0 Å². The molecule has 1 aromatic heterocycles. The first-order valence-electron chi connectivity index (χ1n) is 7.97. The Labute approximate surface area is 150 Å². The van der Waals surface area contributed by atoms with E-state index < -0.39 is 5.97 Å². The molecule has 0 bridgehead atoms. The van der Waals surface area contributed by atoms with E-state index >= 15 is 0 Å². The molecule has 2 aromatic rings. The molecule has 0 saturated carbocycles. The zero-order chi connectivity index (χ0) is 18.4. The highest BCUT2D eigenvalue weighted by Gasteiger charge is 2.16. The SMILES string of the molecule is CCOC(=O)c1sc(NC(=O)CNC(C)c2ccccc2F)cc1C. The van der Waals surface area contributed by atoms with Crippen molar-refractivity contribution in [2.24, 2.45) is 0 Å². The fourth-order valence-electron chi connectivity index (χ4n) is 2.31. The van der Waals surface area contributed by atoms with Crippen molar-refractivity contribution in [1.82, 2.24) is 5.32 Å². The normalized spacial score (nSPS) is 11.8. The second-order valence-electron chi connectivity index (χ2n) is 5.52. The molecule has 2 rings (SSSR count). The van der Waals surface area contributed by atoms with Crippen LogP contribution in [0, 0.1) is 12.7 Å². The summed E-state index contributed by atoms with van der Waals surface area (Å²) in [6.07, 6.45) is 0. The van der Waals surface area contributed by atoms with Crippen molar-refractivity contribution in [3.05, 3.63) is 52.2 Å². The van der Waals surface area contributed by atoms with Crippen LogP contribution in [0.1, 0.15) is 40.7 Å². The van der Waals surface area contributed by atoms with Crippen LogP contribution in [0.3, 0.4) is 0 Å². The van der Waals surface area contributed by atoms with Gasteiger partial charge in [0.15, 0.2) is 0 Å². The number of anilines is 1. The molecule has 2 N–H and O–H groups in total. The number of ether oxygens (including phenoxy) is 1. The smallest absolute Gasteiger partial charge is 0.348 e. The molecule has 0 saturated heterocycles. The van der Waals surface area contributed by atoms with Gasteiger partial charge in [-0.2, -0.15) is 0 Å². The van der Waals surface area contributed by atoms with Crippen molar-refractivity contribution in [1.29, 1.82) is 0 Å². The molecule has 1 unspecified atom stereocenters. The zero-order valence-corrected chi connectivity index (χ0v) is 15.2. The molecule has 0 radical (unpaired) electrons. The van der Waals surface area contributed by atoms with Crippen molar-refractivity contribution >= 4 is 28.2 Å². The van der Waals surface area contributed by atoms with Gasteiger partial charge in [-0.25, -0.2) is 9.18 Å². The van der Waals surface area contributed by atoms with E-state index in [1.165, 1.54) is 17.4 Å². The summed E-state index contributed by atoms with van der Waals surface area (Å²) in [7, 11) is 0. The van der Waals surface area contributed by atoms with Crippen LogP contribution in [0.25, 0.3) is 0 Å². The van der Waals surface area contributed by atoms with Crippen molar-refractivity contribution in [2.75, 3.05) is 18.5 Å². The Morgan fingerprint density at radius 3 is 2.72 bits per heavy atom. The van der Waals surface area contributed by atoms with Gasteiger partial charge < -0.3 is 15.4 Å². The average Bonchev–Trinajstić information content (AvgIpc) is 2.93. The number of carbonyl (C=O) groups is 2. The lowest BCUT2D eigenvalue weighted by atomic mass is 10.1. The van der Waals surface area contributed by atoms with Gasteiger partial charge in [-0.1, -0.05) is 18.2 Å². The molecule has 7 heteroatoms. The average molecular weight is 364 g/mol. The molecule has 1 amide bonds. The number of halogens is 1. The first-order valence-corrected chi connectivity index (χ1v) is 8.79. The summed E-state index contributed by atoms with van der Waals surface area (Å²) in [5.41, 5.74) is 1.26. The summed E-state index contributed by atoms with van der Waals surface area (Å²) in [6.45, 7) is 5.65. The Bertz CT molecular complexity index is 761. The van der Waals surface area contributed by atoms with Crippen LogP contribution in [0.15, 0.2) is 30.3 Å². The highest BCUT2D eigenvalue weighted by molar-refractivity contribution is 7.18. The van der Waals surface area contributed by atoms with E-state index in [1.807, 2.05) is 0 Å². The van der Waals surface area contributed by atoms with E-state index in [0.29, 0.717) is 22.0 Å². The van der Waals surface area contributed by atoms with Crippen LogP contribution in [0.4, 0.5) is 9.39 Å². The number of nitrogens with one attached hydrogen (secondary N) is 2. The third kappa shape index (κ3) is 5.11. The summed E-state index contributed by atoms with van der Waals surface area (Å²) in [5.74, 6) is -0.965. The number of rotatable bonds is 7. The van der Waals surface area contributed by atoms with E-state index in [1.54, 1.807) is 45.0 Å². The number of hydrogen-bond acceptors (Lipinski definition) is 5. The van der Waals surface area contributed by atoms with Crippen molar-refractivity contribution < 1.29 is 18.7 Å². The molecule has 0 fully saturated rings. The second-order valence-corrected chi connectivity index (χ2v) is 6.57. The van der Waals surface area contributed by atoms with Gasteiger partial charge in [0.25, 0.3) is 0 Å². The molecule has 1 aromatic carbocycles. The minimum atomic E-state index is -0.392. The highest BCUT2D eigenvalue weighted by Crippen LogP contribution is 2.27. The van der Waals surface area contributed by atoms with Gasteiger partial charge in [-0.15, -0.1) is 11.3 Å². The van der Waals surface area contributed by atoms with Crippen molar-refractivity contribution in [2.45, 2.75) is 26.8 Å². The number of benzene rings is 1. The Kier molecular flexibility index (Phi) is 6.66. The first-order chi connectivity index (χ1) is 11.9. The van der Waals surface area contributed by atoms with Gasteiger partial charge in [-0.05, 0) is 38.5 Å². The molecular formula is C18H21FN2O3S. The number of carbonyl (C=O) groups excluding carboxylic acids is 2. The summed E-state index contributed by atoms with van der Waals surface area (Å²) < 4.78 is 18.7. The fourth-order valence-corrected chi connectivity index (χ4v) is 3.29. The van der Waals surface area contributed by atoms with E-state index in [2.05, 4.69) is 10.6 Å². The van der Waals surface area contributed by atoms with Gasteiger partial charge in [0.1, 0.15) is 10.7 Å². The third-order valence-corrected chi connectivity index (χ3v) is 4.71. The van der Waals surface area contributed by atoms with Crippen LogP contribution in [0.5, 0.6) is 0 Å². The monoisotopic (exact) mass is 364 g/mol. The van der Waals surface area contributed by atoms with Crippen molar-refractivity contribution in [3.63, 3.8) is 0 Å². The van der Waals surface area contributed by atoms with Crippen LogP contribution in [0.2, 0.25) is 0 Å². The largest absolute Gasteiger partial charge is 0.462 e. The molecule has 134 valence electrons. The number of hydrogen-bond donors (Lipinski definition) is 2. The Balaban J connectivity index is 1.91. The predicted molar refractivity (Wildman–Crippen MR) is 96.5 cm³/mol. The summed E-state index contributed by atoms with van der Waals surface area (Å²) >= 11 is 1.17.